The molecular weight excluding hydrogens is 531 g/mol. The number of halogens is 4. The Morgan fingerprint density at radius 3 is 2.56 bits per heavy atom. The second kappa shape index (κ2) is 12.0. The number of rotatable bonds is 6. The Kier molecular flexibility index (Phi) is 8.82. The number of aliphatic hydroxyl groups excluding tert-OH is 2. The van der Waals surface area contributed by atoms with Gasteiger partial charge in [0.2, 0.25) is 5.95 Å². The summed E-state index contributed by atoms with van der Waals surface area (Å²) < 4.78 is 32.1. The van der Waals surface area contributed by atoms with E-state index in [0.717, 1.165) is 30.9 Å². The van der Waals surface area contributed by atoms with Crippen LogP contribution in [0.1, 0.15) is 42.5 Å². The van der Waals surface area contributed by atoms with Crippen LogP contribution in [0.2, 0.25) is 10.0 Å². The molecule has 4 N–H and O–H groups in total. The van der Waals surface area contributed by atoms with Crippen molar-refractivity contribution in [3.05, 3.63) is 69.0 Å². The molecule has 1 aliphatic carbocycles. The third-order valence-corrected chi connectivity index (χ3v) is 7.16. The number of aliphatic hydroxyl groups is 2. The van der Waals surface area contributed by atoms with Gasteiger partial charge in [-0.3, -0.25) is 0 Å². The van der Waals surface area contributed by atoms with Crippen LogP contribution in [0.3, 0.4) is 0 Å². The van der Waals surface area contributed by atoms with Crippen molar-refractivity contribution in [3.63, 3.8) is 0 Å². The Morgan fingerprint density at radius 1 is 1.08 bits per heavy atom. The van der Waals surface area contributed by atoms with E-state index in [1.165, 1.54) is 18.3 Å². The minimum Gasteiger partial charge on any atom is -0.393 e. The van der Waals surface area contributed by atoms with E-state index >= 15 is 4.39 Å². The van der Waals surface area contributed by atoms with Crippen LogP contribution in [0.15, 0.2) is 35.4 Å². The smallest absolute Gasteiger partial charge is 0.242 e. The molecule has 188 valence electrons. The van der Waals surface area contributed by atoms with Gasteiger partial charge in [-0.15, -0.1) is 10.2 Å². The van der Waals surface area contributed by atoms with Crippen LogP contribution in [0.25, 0.3) is 0 Å². The Hall–Kier alpha value is -2.68. The fraction of sp³-hybridized carbons (Fsp3) is 0.292. The normalized spacial score (nSPS) is 17.3. The van der Waals surface area contributed by atoms with E-state index in [4.69, 9.17) is 23.2 Å². The average molecular weight is 552 g/mol. The van der Waals surface area contributed by atoms with Crippen molar-refractivity contribution in [2.75, 3.05) is 10.0 Å². The van der Waals surface area contributed by atoms with Crippen molar-refractivity contribution >= 4 is 46.8 Å². The number of aromatic nitrogens is 3. The van der Waals surface area contributed by atoms with Crippen molar-refractivity contribution in [2.45, 2.75) is 49.3 Å². The lowest BCUT2D eigenvalue weighted by Gasteiger charge is -2.25. The molecule has 3 aromatic rings. The third kappa shape index (κ3) is 6.55. The molecule has 0 bridgehead atoms. The van der Waals surface area contributed by atoms with E-state index in [0.29, 0.717) is 34.3 Å². The van der Waals surface area contributed by atoms with E-state index in [1.807, 2.05) is 0 Å². The summed E-state index contributed by atoms with van der Waals surface area (Å²) in [6, 6.07) is 5.57. The molecule has 4 rings (SSSR count). The molecule has 0 atom stereocenters. The van der Waals surface area contributed by atoms with Crippen molar-refractivity contribution in [1.29, 1.82) is 0 Å². The zero-order valence-corrected chi connectivity index (χ0v) is 21.1. The highest BCUT2D eigenvalue weighted by Gasteiger charge is 2.20. The van der Waals surface area contributed by atoms with Gasteiger partial charge >= 0.3 is 0 Å². The molecule has 0 radical (unpaired) electrons. The quantitative estimate of drug-likeness (QED) is 0.245. The predicted octanol–water partition coefficient (Wildman–Crippen LogP) is 5.18. The van der Waals surface area contributed by atoms with E-state index in [9.17, 15) is 14.6 Å². The van der Waals surface area contributed by atoms with Gasteiger partial charge in [0, 0.05) is 16.0 Å². The van der Waals surface area contributed by atoms with E-state index in [-0.39, 0.29) is 35.2 Å². The van der Waals surface area contributed by atoms with Crippen LogP contribution in [-0.4, -0.2) is 37.5 Å². The highest BCUT2D eigenvalue weighted by atomic mass is 35.5. The molecule has 0 amide bonds. The number of benzene rings is 2. The Balaban J connectivity index is 1.46. The van der Waals surface area contributed by atoms with Crippen LogP contribution >= 0.6 is 35.1 Å². The molecular formula is C24H21Cl2F2N5O2S. The maximum absolute atomic E-state index is 15.0. The van der Waals surface area contributed by atoms with Crippen LogP contribution in [0.4, 0.5) is 20.4 Å². The van der Waals surface area contributed by atoms with Gasteiger partial charge in [-0.1, -0.05) is 29.1 Å². The van der Waals surface area contributed by atoms with E-state index < -0.39 is 17.2 Å². The van der Waals surface area contributed by atoms with Crippen LogP contribution in [0, 0.1) is 23.5 Å². The summed E-state index contributed by atoms with van der Waals surface area (Å²) in [5.41, 5.74) is 0.105. The molecule has 0 unspecified atom stereocenters. The monoisotopic (exact) mass is 551 g/mol. The second-order valence-electron chi connectivity index (χ2n) is 8.09. The second-order valence-corrected chi connectivity index (χ2v) is 9.75. The topological polar surface area (TPSA) is 103 Å². The van der Waals surface area contributed by atoms with Crippen LogP contribution in [-0.2, 0) is 6.61 Å². The first-order valence-electron chi connectivity index (χ1n) is 11.0. The number of nitrogens with one attached hydrogen (secondary N) is 2. The SMILES string of the molecule is OCc1cc(Cl)cc(SNc2ccc(F)c(C#Cc3cnc(N[C@H]4CC[C@H](O)CC4)nn3)c2F)c1Cl. The van der Waals surface area contributed by atoms with Gasteiger partial charge in [-0.05, 0) is 73.4 Å². The number of hydrogen-bond acceptors (Lipinski definition) is 8. The minimum absolute atomic E-state index is 0.0198. The van der Waals surface area contributed by atoms with Gasteiger partial charge in [-0.25, -0.2) is 13.8 Å². The van der Waals surface area contributed by atoms with Crippen molar-refractivity contribution in [3.8, 4) is 11.8 Å². The highest BCUT2D eigenvalue weighted by molar-refractivity contribution is 8.00. The van der Waals surface area contributed by atoms with Gasteiger partial charge in [0.25, 0.3) is 0 Å². The highest BCUT2D eigenvalue weighted by Crippen LogP contribution is 2.35. The van der Waals surface area contributed by atoms with E-state index in [2.05, 4.69) is 37.1 Å². The minimum atomic E-state index is -0.894. The van der Waals surface area contributed by atoms with E-state index in [1.54, 1.807) is 6.07 Å². The lowest BCUT2D eigenvalue weighted by Crippen LogP contribution is -2.29. The van der Waals surface area contributed by atoms with Crippen molar-refractivity contribution in [2.24, 2.45) is 0 Å². The molecule has 0 spiro atoms. The zero-order chi connectivity index (χ0) is 25.7. The van der Waals surface area contributed by atoms with Gasteiger partial charge < -0.3 is 20.3 Å². The molecule has 2 aromatic carbocycles. The summed E-state index contributed by atoms with van der Waals surface area (Å²) in [6.45, 7) is -0.308. The number of anilines is 2. The maximum atomic E-state index is 15.0. The molecule has 12 heteroatoms. The predicted molar refractivity (Wildman–Crippen MR) is 136 cm³/mol. The molecule has 36 heavy (non-hydrogen) atoms. The molecule has 1 aromatic heterocycles. The van der Waals surface area contributed by atoms with Crippen molar-refractivity contribution < 1.29 is 19.0 Å². The Bertz CT molecular complexity index is 1300. The fourth-order valence-corrected chi connectivity index (χ4v) is 4.97. The summed E-state index contributed by atoms with van der Waals surface area (Å²) >= 11 is 13.2. The lowest BCUT2D eigenvalue weighted by molar-refractivity contribution is 0.126. The first-order chi connectivity index (χ1) is 17.3. The zero-order valence-electron chi connectivity index (χ0n) is 18.7. The number of hydrogen-bond donors (Lipinski definition) is 4. The lowest BCUT2D eigenvalue weighted by atomic mass is 9.93. The molecule has 1 saturated carbocycles. The Labute approximate surface area is 220 Å². The molecule has 0 saturated heterocycles. The Morgan fingerprint density at radius 2 is 1.86 bits per heavy atom. The van der Waals surface area contributed by atoms with Gasteiger partial charge in [0.1, 0.15) is 5.82 Å². The summed E-state index contributed by atoms with van der Waals surface area (Å²) in [5.74, 6) is 3.64. The first-order valence-corrected chi connectivity index (χ1v) is 12.6. The first kappa shape index (κ1) is 26.4. The molecule has 1 heterocycles. The molecule has 1 aliphatic rings. The fourth-order valence-electron chi connectivity index (χ4n) is 3.59. The van der Waals surface area contributed by atoms with Gasteiger partial charge in [-0.2, -0.15) is 0 Å². The largest absolute Gasteiger partial charge is 0.393 e. The van der Waals surface area contributed by atoms with Crippen LogP contribution < -0.4 is 10.0 Å². The van der Waals surface area contributed by atoms with Crippen molar-refractivity contribution in [1.82, 2.24) is 15.2 Å². The summed E-state index contributed by atoms with van der Waals surface area (Å²) in [4.78, 5) is 4.63. The summed E-state index contributed by atoms with van der Waals surface area (Å²) in [7, 11) is 0. The molecule has 0 aliphatic heterocycles. The van der Waals surface area contributed by atoms with Gasteiger partial charge in [0.15, 0.2) is 11.5 Å². The molecule has 1 fully saturated rings. The third-order valence-electron chi connectivity index (χ3n) is 5.52. The molecule has 7 nitrogen and oxygen atoms in total. The average Bonchev–Trinajstić information content (AvgIpc) is 2.87. The van der Waals surface area contributed by atoms with Crippen LogP contribution in [0.5, 0.6) is 0 Å². The summed E-state index contributed by atoms with van der Waals surface area (Å²) in [5, 5.41) is 30.7. The number of nitrogens with zero attached hydrogens (tertiary/aromatic N) is 3. The maximum Gasteiger partial charge on any atom is 0.242 e. The van der Waals surface area contributed by atoms with Gasteiger partial charge in [0.05, 0.1) is 35.2 Å². The summed E-state index contributed by atoms with van der Waals surface area (Å²) in [6.07, 6.45) is 4.15. The standard InChI is InChI=1S/C24H21Cl2F2N5O2S/c25-14-9-13(12-34)22(26)21(10-14)36-33-20-8-7-19(27)18(23(20)28)6-3-16-11-29-24(32-31-16)30-15-1-4-17(35)5-2-15/h7-11,15,17,33-35H,1-2,4-5,12H2,(H,29,30,32)/t15-,17-.